The second-order valence-electron chi connectivity index (χ2n) is 8.30. The molecular weight excluding hydrogens is 489 g/mol. The minimum atomic E-state index is -4.88. The van der Waals surface area contributed by atoms with Crippen molar-refractivity contribution in [2.24, 2.45) is 0 Å². The van der Waals surface area contributed by atoms with Crippen LogP contribution in [0.3, 0.4) is 0 Å². The molecule has 0 saturated heterocycles. The Morgan fingerprint density at radius 2 is 1.38 bits per heavy atom. The van der Waals surface area contributed by atoms with E-state index in [1.807, 2.05) is 0 Å². The van der Waals surface area contributed by atoms with Gasteiger partial charge in [-0.1, -0.05) is 25.3 Å². The zero-order chi connectivity index (χ0) is 27.1. The quantitative estimate of drug-likeness (QED) is 0.155. The van der Waals surface area contributed by atoms with E-state index < -0.39 is 35.0 Å². The van der Waals surface area contributed by atoms with Crippen LogP contribution in [0.15, 0.2) is 77.3 Å². The maximum Gasteiger partial charge on any atom is 0.423 e. The van der Waals surface area contributed by atoms with Crippen LogP contribution in [0.5, 0.6) is 17.2 Å². The Balaban J connectivity index is 1.87. The SMILES string of the molecule is C=C(C)C(=O)Oc1ccc(-c2ccc3c(oc4c(C(F)(F)F)c(OC(=O)C(=C)C)ccc43)c2OC)cc1. The molecule has 0 aliphatic rings. The van der Waals surface area contributed by atoms with Gasteiger partial charge in [-0.05, 0) is 55.8 Å². The normalized spacial score (nSPS) is 11.4. The van der Waals surface area contributed by atoms with E-state index in [1.54, 1.807) is 36.4 Å². The molecular formula is C28H21F3O6. The van der Waals surface area contributed by atoms with E-state index in [4.69, 9.17) is 18.6 Å². The van der Waals surface area contributed by atoms with E-state index in [1.165, 1.54) is 27.0 Å². The highest BCUT2D eigenvalue weighted by Crippen LogP contribution is 2.47. The summed E-state index contributed by atoms with van der Waals surface area (Å²) in [6.07, 6.45) is -4.88. The summed E-state index contributed by atoms with van der Waals surface area (Å²) in [5, 5.41) is 0.551. The van der Waals surface area contributed by atoms with Crippen LogP contribution in [0.25, 0.3) is 33.1 Å². The van der Waals surface area contributed by atoms with Gasteiger partial charge in [-0.25, -0.2) is 9.59 Å². The third-order valence-electron chi connectivity index (χ3n) is 5.49. The summed E-state index contributed by atoms with van der Waals surface area (Å²) in [4.78, 5) is 23.7. The molecule has 1 aromatic heterocycles. The van der Waals surface area contributed by atoms with Crippen LogP contribution in [0.4, 0.5) is 13.2 Å². The summed E-state index contributed by atoms with van der Waals surface area (Å²) >= 11 is 0. The van der Waals surface area contributed by atoms with Gasteiger partial charge in [0, 0.05) is 27.5 Å². The van der Waals surface area contributed by atoms with Gasteiger partial charge in [0.2, 0.25) is 0 Å². The molecule has 0 spiro atoms. The molecule has 190 valence electrons. The third-order valence-corrected chi connectivity index (χ3v) is 5.49. The number of benzene rings is 3. The molecule has 0 amide bonds. The van der Waals surface area contributed by atoms with Crippen LogP contribution >= 0.6 is 0 Å². The van der Waals surface area contributed by atoms with Crippen molar-refractivity contribution < 1.29 is 41.4 Å². The highest BCUT2D eigenvalue weighted by Gasteiger charge is 2.39. The van der Waals surface area contributed by atoms with E-state index in [0.717, 1.165) is 6.07 Å². The van der Waals surface area contributed by atoms with E-state index in [9.17, 15) is 22.8 Å². The Labute approximate surface area is 209 Å². The minimum Gasteiger partial charge on any atom is -0.492 e. The van der Waals surface area contributed by atoms with E-state index in [2.05, 4.69) is 13.2 Å². The van der Waals surface area contributed by atoms with Crippen molar-refractivity contribution in [3.05, 3.63) is 78.4 Å². The lowest BCUT2D eigenvalue weighted by Crippen LogP contribution is -2.14. The smallest absolute Gasteiger partial charge is 0.423 e. The van der Waals surface area contributed by atoms with E-state index >= 15 is 0 Å². The second-order valence-corrected chi connectivity index (χ2v) is 8.30. The van der Waals surface area contributed by atoms with Crippen LogP contribution in [-0.4, -0.2) is 19.0 Å². The third kappa shape index (κ3) is 4.80. The Morgan fingerprint density at radius 3 is 1.95 bits per heavy atom. The number of hydrogen-bond acceptors (Lipinski definition) is 6. The van der Waals surface area contributed by atoms with Gasteiger partial charge in [-0.3, -0.25) is 0 Å². The lowest BCUT2D eigenvalue weighted by Gasteiger charge is -2.13. The number of alkyl halides is 3. The molecule has 0 aliphatic carbocycles. The van der Waals surface area contributed by atoms with E-state index in [-0.39, 0.29) is 27.9 Å². The summed E-state index contributed by atoms with van der Waals surface area (Å²) in [7, 11) is 1.37. The van der Waals surface area contributed by atoms with Gasteiger partial charge in [0.25, 0.3) is 0 Å². The van der Waals surface area contributed by atoms with Gasteiger partial charge < -0.3 is 18.6 Å². The van der Waals surface area contributed by atoms with Gasteiger partial charge in [0.05, 0.1) is 7.11 Å². The molecule has 0 radical (unpaired) electrons. The van der Waals surface area contributed by atoms with Crippen LogP contribution in [0.2, 0.25) is 0 Å². The molecule has 0 atom stereocenters. The second kappa shape index (κ2) is 9.50. The molecule has 0 saturated carbocycles. The molecule has 0 aliphatic heterocycles. The predicted octanol–water partition coefficient (Wildman–Crippen LogP) is 7.24. The highest BCUT2D eigenvalue weighted by atomic mass is 19.4. The molecule has 4 rings (SSSR count). The molecule has 37 heavy (non-hydrogen) atoms. The minimum absolute atomic E-state index is 0.0513. The number of methoxy groups -OCH3 is 1. The number of carbonyl (C=O) groups is 2. The molecule has 4 aromatic rings. The first-order valence-electron chi connectivity index (χ1n) is 10.9. The van der Waals surface area contributed by atoms with Crippen molar-refractivity contribution in [3.8, 4) is 28.4 Å². The number of carbonyl (C=O) groups excluding carboxylic acids is 2. The summed E-state index contributed by atoms with van der Waals surface area (Å²) in [6, 6.07) is 12.3. The number of rotatable bonds is 6. The monoisotopic (exact) mass is 510 g/mol. The predicted molar refractivity (Wildman–Crippen MR) is 132 cm³/mol. The Kier molecular flexibility index (Phi) is 6.56. The van der Waals surface area contributed by atoms with Crippen molar-refractivity contribution in [2.45, 2.75) is 20.0 Å². The number of esters is 2. The molecule has 0 bridgehead atoms. The standard InChI is InChI=1S/C28H21F3O6/c1-14(2)26(32)35-17-8-6-16(7-9-17)18-10-11-20-19-12-13-21(36-27(33)15(3)4)22(28(29,30)31)23(19)37-25(20)24(18)34-5/h6-13H,1,3H2,2,4-5H3. The van der Waals surface area contributed by atoms with Gasteiger partial charge >= 0.3 is 18.1 Å². The molecule has 0 N–H and O–H groups in total. The average molecular weight is 510 g/mol. The largest absolute Gasteiger partial charge is 0.492 e. The molecule has 0 fully saturated rings. The first-order chi connectivity index (χ1) is 17.4. The first-order valence-corrected chi connectivity index (χ1v) is 10.9. The van der Waals surface area contributed by atoms with Crippen molar-refractivity contribution >= 4 is 33.9 Å². The van der Waals surface area contributed by atoms with Gasteiger partial charge in [-0.15, -0.1) is 0 Å². The average Bonchev–Trinajstić information content (AvgIpc) is 3.21. The Hall–Kier alpha value is -4.53. The maximum absolute atomic E-state index is 14.1. The number of hydrogen-bond donors (Lipinski definition) is 0. The number of fused-ring (bicyclic) bond motifs is 3. The topological polar surface area (TPSA) is 75.0 Å². The van der Waals surface area contributed by atoms with Gasteiger partial charge in [0.15, 0.2) is 16.9 Å². The van der Waals surface area contributed by atoms with Crippen LogP contribution < -0.4 is 14.2 Å². The fourth-order valence-electron chi connectivity index (χ4n) is 3.73. The fraction of sp³-hybridized carbons (Fsp3) is 0.143. The number of halogens is 3. The van der Waals surface area contributed by atoms with Crippen molar-refractivity contribution in [1.82, 2.24) is 0 Å². The lowest BCUT2D eigenvalue weighted by atomic mass is 10.0. The summed E-state index contributed by atoms with van der Waals surface area (Å²) in [5.74, 6) is -1.74. The zero-order valence-electron chi connectivity index (χ0n) is 20.1. The molecule has 9 heteroatoms. The Bertz CT molecular complexity index is 1580. The van der Waals surface area contributed by atoms with Crippen molar-refractivity contribution in [2.75, 3.05) is 7.11 Å². The lowest BCUT2D eigenvalue weighted by molar-refractivity contribution is -0.140. The highest BCUT2D eigenvalue weighted by molar-refractivity contribution is 6.10. The summed E-state index contributed by atoms with van der Waals surface area (Å²) < 4.78 is 63.8. The summed E-state index contributed by atoms with van der Waals surface area (Å²) in [5.41, 5.74) is -0.256. The van der Waals surface area contributed by atoms with Crippen LogP contribution in [-0.2, 0) is 15.8 Å². The Morgan fingerprint density at radius 1 is 0.811 bits per heavy atom. The van der Waals surface area contributed by atoms with Crippen LogP contribution in [0, 0.1) is 0 Å². The first kappa shape index (κ1) is 25.6. The number of furan rings is 1. The molecule has 1 heterocycles. The van der Waals surface area contributed by atoms with E-state index in [0.29, 0.717) is 22.3 Å². The summed E-state index contributed by atoms with van der Waals surface area (Å²) in [6.45, 7) is 9.80. The fourth-order valence-corrected chi connectivity index (χ4v) is 3.73. The van der Waals surface area contributed by atoms with Crippen molar-refractivity contribution in [3.63, 3.8) is 0 Å². The molecule has 6 nitrogen and oxygen atoms in total. The molecule has 0 unspecified atom stereocenters. The number of ether oxygens (including phenoxy) is 3. The van der Waals surface area contributed by atoms with Crippen molar-refractivity contribution in [1.29, 1.82) is 0 Å². The van der Waals surface area contributed by atoms with Gasteiger partial charge in [-0.2, -0.15) is 13.2 Å². The van der Waals surface area contributed by atoms with Gasteiger partial charge in [0.1, 0.15) is 17.1 Å². The maximum atomic E-state index is 14.1. The van der Waals surface area contributed by atoms with Crippen LogP contribution in [0.1, 0.15) is 19.4 Å². The zero-order valence-corrected chi connectivity index (χ0v) is 20.1. The molecule has 3 aromatic carbocycles.